The van der Waals surface area contributed by atoms with Crippen LogP contribution >= 0.6 is 12.4 Å². The Hall–Kier alpha value is -0.850. The van der Waals surface area contributed by atoms with Gasteiger partial charge in [-0.1, -0.05) is 12.8 Å². The summed E-state index contributed by atoms with van der Waals surface area (Å²) in [6, 6.07) is 0.268. The quantitative estimate of drug-likeness (QED) is 0.747. The Kier molecular flexibility index (Phi) is 5.11. The van der Waals surface area contributed by atoms with Crippen LogP contribution in [-0.4, -0.2) is 66.0 Å². The van der Waals surface area contributed by atoms with Gasteiger partial charge in [-0.2, -0.15) is 0 Å². The van der Waals surface area contributed by atoms with E-state index in [9.17, 15) is 9.59 Å². The second-order valence-electron chi connectivity index (χ2n) is 6.27. The summed E-state index contributed by atoms with van der Waals surface area (Å²) < 4.78 is 0. The van der Waals surface area contributed by atoms with Crippen LogP contribution in [0.4, 0.5) is 4.79 Å². The lowest BCUT2D eigenvalue weighted by molar-refractivity contribution is -0.131. The molecule has 3 fully saturated rings. The van der Waals surface area contributed by atoms with Gasteiger partial charge in [-0.3, -0.25) is 14.6 Å². The average Bonchev–Trinajstić information content (AvgIpc) is 2.98. The van der Waals surface area contributed by atoms with Crippen molar-refractivity contribution in [1.29, 1.82) is 0 Å². The summed E-state index contributed by atoms with van der Waals surface area (Å²) in [6.45, 7) is 6.40. The van der Waals surface area contributed by atoms with Crippen LogP contribution in [0.3, 0.4) is 0 Å². The summed E-state index contributed by atoms with van der Waals surface area (Å²) in [5.74, 6) is 0.00258. The van der Waals surface area contributed by atoms with Crippen molar-refractivity contribution in [3.05, 3.63) is 0 Å². The van der Waals surface area contributed by atoms with Crippen molar-refractivity contribution in [2.24, 2.45) is 0 Å². The number of hydrogen-bond donors (Lipinski definition) is 2. The number of hydrogen-bond acceptors (Lipinski definition) is 4. The van der Waals surface area contributed by atoms with Crippen molar-refractivity contribution in [1.82, 2.24) is 20.4 Å². The highest BCUT2D eigenvalue weighted by molar-refractivity contribution is 6.07. The second kappa shape index (κ2) is 6.50. The van der Waals surface area contributed by atoms with E-state index in [-0.39, 0.29) is 24.3 Å². The van der Waals surface area contributed by atoms with E-state index in [0.717, 1.165) is 51.9 Å². The summed E-state index contributed by atoms with van der Waals surface area (Å²) in [7, 11) is 0. The molecule has 1 saturated carbocycles. The number of imide groups is 1. The fourth-order valence-electron chi connectivity index (χ4n) is 3.64. The first-order valence-corrected chi connectivity index (χ1v) is 7.71. The minimum absolute atomic E-state index is 0. The normalized spacial score (nSPS) is 28.8. The summed E-state index contributed by atoms with van der Waals surface area (Å²) in [5, 5.41) is 6.28. The van der Waals surface area contributed by atoms with E-state index < -0.39 is 5.54 Å². The monoisotopic (exact) mass is 316 g/mol. The molecule has 0 aromatic carbocycles. The van der Waals surface area contributed by atoms with E-state index in [1.807, 2.05) is 0 Å². The van der Waals surface area contributed by atoms with Crippen LogP contribution < -0.4 is 10.6 Å². The number of nitrogens with one attached hydrogen (secondary N) is 2. The molecule has 1 aliphatic carbocycles. The van der Waals surface area contributed by atoms with Crippen molar-refractivity contribution in [3.8, 4) is 0 Å². The van der Waals surface area contributed by atoms with Gasteiger partial charge in [0.2, 0.25) is 0 Å². The molecule has 0 aromatic heterocycles. The predicted octanol–water partition coefficient (Wildman–Crippen LogP) is 0.567. The lowest BCUT2D eigenvalue weighted by Crippen LogP contribution is -2.52. The fraction of sp³-hybridized carbons (Fsp3) is 0.857. The lowest BCUT2D eigenvalue weighted by Gasteiger charge is -2.34. The Balaban J connectivity index is 0.00000161. The van der Waals surface area contributed by atoms with Crippen LogP contribution in [0.15, 0.2) is 0 Å². The first-order valence-electron chi connectivity index (χ1n) is 7.71. The minimum Gasteiger partial charge on any atom is -0.323 e. The number of carbonyl (C=O) groups excluding carboxylic acids is 2. The molecule has 3 aliphatic rings. The van der Waals surface area contributed by atoms with E-state index in [0.29, 0.717) is 12.6 Å². The molecule has 1 spiro atoms. The largest absolute Gasteiger partial charge is 0.325 e. The maximum atomic E-state index is 12.5. The van der Waals surface area contributed by atoms with Crippen molar-refractivity contribution in [2.45, 2.75) is 44.2 Å². The molecule has 120 valence electrons. The van der Waals surface area contributed by atoms with Gasteiger partial charge in [0.05, 0.1) is 0 Å². The molecule has 6 nitrogen and oxygen atoms in total. The second-order valence-corrected chi connectivity index (χ2v) is 6.27. The number of rotatable bonds is 3. The van der Waals surface area contributed by atoms with Crippen molar-refractivity contribution >= 4 is 24.3 Å². The third-order valence-electron chi connectivity index (χ3n) is 4.95. The number of amides is 3. The molecule has 0 radical (unpaired) electrons. The third-order valence-corrected chi connectivity index (χ3v) is 4.95. The highest BCUT2D eigenvalue weighted by Gasteiger charge is 2.52. The maximum absolute atomic E-state index is 12.5. The van der Waals surface area contributed by atoms with E-state index >= 15 is 0 Å². The molecular weight excluding hydrogens is 292 g/mol. The summed E-state index contributed by atoms with van der Waals surface area (Å²) in [6.07, 6.45) is 3.68. The zero-order valence-corrected chi connectivity index (χ0v) is 13.4. The zero-order valence-electron chi connectivity index (χ0n) is 12.6. The van der Waals surface area contributed by atoms with Gasteiger partial charge in [-0.25, -0.2) is 4.79 Å². The standard InChI is InChI=1S/C14H24N4O2.ClH/c1-11-10-15-6-7-17(11)8-9-18-12(19)14(16-13(18)20)4-2-3-5-14;/h11,15H,2-10H2,1H3,(H,16,20);1H/t11-;/m1./s1. The lowest BCUT2D eigenvalue weighted by atomic mass is 9.98. The molecule has 2 saturated heterocycles. The Morgan fingerprint density at radius 1 is 1.24 bits per heavy atom. The van der Waals surface area contributed by atoms with E-state index in [2.05, 4.69) is 22.5 Å². The van der Waals surface area contributed by atoms with Gasteiger partial charge in [0.25, 0.3) is 5.91 Å². The summed E-state index contributed by atoms with van der Waals surface area (Å²) in [4.78, 5) is 28.3. The van der Waals surface area contributed by atoms with Gasteiger partial charge >= 0.3 is 6.03 Å². The number of piperazine rings is 1. The van der Waals surface area contributed by atoms with Crippen LogP contribution in [0.1, 0.15) is 32.6 Å². The molecule has 2 N–H and O–H groups in total. The first kappa shape index (κ1) is 16.5. The molecule has 21 heavy (non-hydrogen) atoms. The molecule has 0 unspecified atom stereocenters. The van der Waals surface area contributed by atoms with E-state index in [4.69, 9.17) is 0 Å². The Morgan fingerprint density at radius 2 is 1.95 bits per heavy atom. The Morgan fingerprint density at radius 3 is 2.62 bits per heavy atom. The van der Waals surface area contributed by atoms with Crippen LogP contribution in [-0.2, 0) is 4.79 Å². The third kappa shape index (κ3) is 3.03. The SMILES string of the molecule is C[C@@H]1CNCCN1CCN1C(=O)NC2(CCCC2)C1=O.Cl. The van der Waals surface area contributed by atoms with Gasteiger partial charge in [0.15, 0.2) is 0 Å². The molecule has 3 amide bonds. The zero-order chi connectivity index (χ0) is 14.2. The van der Waals surface area contributed by atoms with E-state index in [1.54, 1.807) is 0 Å². The Bertz CT molecular complexity index is 412. The molecule has 3 rings (SSSR count). The topological polar surface area (TPSA) is 64.7 Å². The van der Waals surface area contributed by atoms with Crippen LogP contribution in [0.5, 0.6) is 0 Å². The molecule has 7 heteroatoms. The molecule has 0 bridgehead atoms. The van der Waals surface area contributed by atoms with Crippen molar-refractivity contribution in [3.63, 3.8) is 0 Å². The highest BCUT2D eigenvalue weighted by atomic mass is 35.5. The molecule has 2 aliphatic heterocycles. The first-order chi connectivity index (χ1) is 9.62. The number of urea groups is 1. The highest BCUT2D eigenvalue weighted by Crippen LogP contribution is 2.34. The average molecular weight is 317 g/mol. The predicted molar refractivity (Wildman–Crippen MR) is 82.6 cm³/mol. The minimum atomic E-state index is -0.563. The Labute approximate surface area is 132 Å². The molecule has 0 aromatic rings. The maximum Gasteiger partial charge on any atom is 0.325 e. The molecular formula is C14H25ClN4O2. The number of halogens is 1. The smallest absolute Gasteiger partial charge is 0.323 e. The van der Waals surface area contributed by atoms with Gasteiger partial charge in [0, 0.05) is 38.8 Å². The summed E-state index contributed by atoms with van der Waals surface area (Å²) >= 11 is 0. The summed E-state index contributed by atoms with van der Waals surface area (Å²) in [5.41, 5.74) is -0.563. The van der Waals surface area contributed by atoms with Crippen molar-refractivity contribution < 1.29 is 9.59 Å². The van der Waals surface area contributed by atoms with Crippen LogP contribution in [0.2, 0.25) is 0 Å². The molecule has 1 atom stereocenters. The van der Waals surface area contributed by atoms with Gasteiger partial charge < -0.3 is 10.6 Å². The number of nitrogens with zero attached hydrogens (tertiary/aromatic N) is 2. The number of carbonyl (C=O) groups is 2. The van der Waals surface area contributed by atoms with Crippen LogP contribution in [0, 0.1) is 0 Å². The molecule has 2 heterocycles. The van der Waals surface area contributed by atoms with Gasteiger partial charge in [-0.05, 0) is 19.8 Å². The van der Waals surface area contributed by atoms with Crippen LogP contribution in [0.25, 0.3) is 0 Å². The van der Waals surface area contributed by atoms with Gasteiger partial charge in [-0.15, -0.1) is 12.4 Å². The van der Waals surface area contributed by atoms with Crippen molar-refractivity contribution in [2.75, 3.05) is 32.7 Å². The van der Waals surface area contributed by atoms with E-state index in [1.165, 1.54) is 4.90 Å². The van der Waals surface area contributed by atoms with Gasteiger partial charge in [0.1, 0.15) is 5.54 Å². The fourth-order valence-corrected chi connectivity index (χ4v) is 3.64.